The highest BCUT2D eigenvalue weighted by Gasteiger charge is 2.13. The molecule has 7 nitrogen and oxygen atoms in total. The number of hydrogen-bond donors (Lipinski definition) is 2. The van der Waals surface area contributed by atoms with Gasteiger partial charge in [-0.15, -0.1) is 0 Å². The van der Waals surface area contributed by atoms with Gasteiger partial charge in [0, 0.05) is 43.2 Å². The maximum Gasteiger partial charge on any atom is 0.335 e. The topological polar surface area (TPSA) is 88.1 Å². The van der Waals surface area contributed by atoms with Crippen molar-refractivity contribution in [1.82, 2.24) is 0 Å². The molecule has 0 saturated carbocycles. The SMILES string of the molecule is COCCN(C)c1ccc(NC(=O)c2ccc(OC)c(-c3ccc(C(=O)O)cc3)c2)cc1. The number of nitrogens with one attached hydrogen (secondary N) is 1. The van der Waals surface area contributed by atoms with Gasteiger partial charge >= 0.3 is 5.97 Å². The minimum absolute atomic E-state index is 0.193. The normalized spacial score (nSPS) is 10.5. The molecule has 0 spiro atoms. The van der Waals surface area contributed by atoms with Crippen LogP contribution in [0.3, 0.4) is 0 Å². The van der Waals surface area contributed by atoms with E-state index in [1.54, 1.807) is 44.6 Å². The summed E-state index contributed by atoms with van der Waals surface area (Å²) in [5, 5.41) is 12.0. The number of benzene rings is 3. The lowest BCUT2D eigenvalue weighted by Crippen LogP contribution is -2.21. The Kier molecular flexibility index (Phi) is 7.46. The van der Waals surface area contributed by atoms with Crippen LogP contribution in [0, 0.1) is 0 Å². The van der Waals surface area contributed by atoms with Crippen molar-refractivity contribution in [2.45, 2.75) is 0 Å². The molecule has 0 aromatic heterocycles. The standard InChI is InChI=1S/C25H26N2O5/c1-27(14-15-31-2)21-11-9-20(10-12-21)26-24(28)19-8-13-23(32-3)22(16-19)17-4-6-18(7-5-17)25(29)30/h4-13,16H,14-15H2,1-3H3,(H,26,28)(H,29,30). The fourth-order valence-electron chi connectivity index (χ4n) is 3.23. The summed E-state index contributed by atoms with van der Waals surface area (Å²) in [5.74, 6) is -0.655. The summed E-state index contributed by atoms with van der Waals surface area (Å²) < 4.78 is 10.5. The minimum Gasteiger partial charge on any atom is -0.496 e. The molecule has 0 aliphatic heterocycles. The Morgan fingerprint density at radius 2 is 1.59 bits per heavy atom. The van der Waals surface area contributed by atoms with Crippen molar-refractivity contribution in [3.63, 3.8) is 0 Å². The Morgan fingerprint density at radius 3 is 2.19 bits per heavy atom. The van der Waals surface area contributed by atoms with Crippen LogP contribution < -0.4 is 15.0 Å². The van der Waals surface area contributed by atoms with Gasteiger partial charge in [-0.3, -0.25) is 4.79 Å². The molecule has 0 radical (unpaired) electrons. The molecule has 3 aromatic carbocycles. The molecule has 0 atom stereocenters. The highest BCUT2D eigenvalue weighted by Crippen LogP contribution is 2.31. The number of nitrogens with zero attached hydrogens (tertiary/aromatic N) is 1. The average molecular weight is 434 g/mol. The van der Waals surface area contributed by atoms with Gasteiger partial charge in [-0.1, -0.05) is 12.1 Å². The molecular formula is C25H26N2O5. The van der Waals surface area contributed by atoms with E-state index in [1.165, 1.54) is 12.1 Å². The van der Waals surface area contributed by atoms with Crippen LogP contribution in [0.15, 0.2) is 66.7 Å². The zero-order valence-electron chi connectivity index (χ0n) is 18.3. The van der Waals surface area contributed by atoms with Crippen LogP contribution in [0.2, 0.25) is 0 Å². The Labute approximate surface area is 187 Å². The molecular weight excluding hydrogens is 408 g/mol. The molecule has 0 fully saturated rings. The van der Waals surface area contributed by atoms with E-state index in [9.17, 15) is 9.59 Å². The second-order valence-corrected chi connectivity index (χ2v) is 7.21. The lowest BCUT2D eigenvalue weighted by atomic mass is 10.00. The molecule has 0 heterocycles. The van der Waals surface area contributed by atoms with Crippen LogP contribution in [0.5, 0.6) is 5.75 Å². The van der Waals surface area contributed by atoms with Crippen LogP contribution in [0.4, 0.5) is 11.4 Å². The number of carboxylic acids is 1. The van der Waals surface area contributed by atoms with Gasteiger partial charge in [0.15, 0.2) is 0 Å². The molecule has 0 aliphatic carbocycles. The molecule has 166 valence electrons. The van der Waals surface area contributed by atoms with Gasteiger partial charge in [0.1, 0.15) is 5.75 Å². The number of likely N-dealkylation sites (N-methyl/N-ethyl adjacent to an activating group) is 1. The first-order valence-corrected chi connectivity index (χ1v) is 10.1. The van der Waals surface area contributed by atoms with Crippen molar-refractivity contribution >= 4 is 23.3 Å². The van der Waals surface area contributed by atoms with Crippen LogP contribution in [-0.2, 0) is 4.74 Å². The summed E-state index contributed by atoms with van der Waals surface area (Å²) in [6.45, 7) is 1.40. The largest absolute Gasteiger partial charge is 0.496 e. The zero-order chi connectivity index (χ0) is 23.1. The summed E-state index contributed by atoms with van der Waals surface area (Å²) in [7, 11) is 5.20. The Balaban J connectivity index is 1.78. The van der Waals surface area contributed by atoms with Crippen LogP contribution >= 0.6 is 0 Å². The number of carboxylic acid groups (broad SMARTS) is 1. The van der Waals surface area contributed by atoms with Crippen molar-refractivity contribution < 1.29 is 24.2 Å². The molecule has 3 aromatic rings. The van der Waals surface area contributed by atoms with E-state index in [0.29, 0.717) is 29.2 Å². The monoisotopic (exact) mass is 434 g/mol. The summed E-state index contributed by atoms with van der Waals surface area (Å²) in [6.07, 6.45) is 0. The highest BCUT2D eigenvalue weighted by molar-refractivity contribution is 6.05. The number of ether oxygens (including phenoxy) is 2. The van der Waals surface area contributed by atoms with Crippen molar-refractivity contribution in [2.24, 2.45) is 0 Å². The minimum atomic E-state index is -0.993. The second-order valence-electron chi connectivity index (χ2n) is 7.21. The summed E-state index contributed by atoms with van der Waals surface area (Å²) in [4.78, 5) is 26.0. The van der Waals surface area contributed by atoms with Gasteiger partial charge in [0.05, 0.1) is 19.3 Å². The van der Waals surface area contributed by atoms with E-state index < -0.39 is 5.97 Å². The van der Waals surface area contributed by atoms with Gasteiger partial charge in [-0.05, 0) is 60.2 Å². The van der Waals surface area contributed by atoms with E-state index in [0.717, 1.165) is 17.8 Å². The third-order valence-corrected chi connectivity index (χ3v) is 5.10. The van der Waals surface area contributed by atoms with Crippen molar-refractivity contribution in [2.75, 3.05) is 44.6 Å². The lowest BCUT2D eigenvalue weighted by molar-refractivity contribution is 0.0696. The molecule has 1 amide bonds. The average Bonchev–Trinajstić information content (AvgIpc) is 2.82. The Morgan fingerprint density at radius 1 is 0.938 bits per heavy atom. The van der Waals surface area contributed by atoms with E-state index in [4.69, 9.17) is 14.6 Å². The number of rotatable bonds is 9. The number of aromatic carboxylic acids is 1. The van der Waals surface area contributed by atoms with E-state index in [-0.39, 0.29) is 11.5 Å². The molecule has 32 heavy (non-hydrogen) atoms. The molecule has 0 saturated heterocycles. The fourth-order valence-corrected chi connectivity index (χ4v) is 3.23. The first-order chi connectivity index (χ1) is 15.4. The predicted molar refractivity (Wildman–Crippen MR) is 125 cm³/mol. The van der Waals surface area contributed by atoms with Gasteiger partial charge in [0.2, 0.25) is 0 Å². The van der Waals surface area contributed by atoms with Crippen molar-refractivity contribution in [3.05, 3.63) is 77.9 Å². The second kappa shape index (κ2) is 10.5. The summed E-state index contributed by atoms with van der Waals surface area (Å²) >= 11 is 0. The quantitative estimate of drug-likeness (QED) is 0.519. The summed E-state index contributed by atoms with van der Waals surface area (Å²) in [6, 6.07) is 19.2. The van der Waals surface area contributed by atoms with Gasteiger partial charge in [-0.2, -0.15) is 0 Å². The maximum absolute atomic E-state index is 12.8. The van der Waals surface area contributed by atoms with E-state index >= 15 is 0 Å². The van der Waals surface area contributed by atoms with Gasteiger partial charge in [-0.25, -0.2) is 4.79 Å². The molecule has 2 N–H and O–H groups in total. The smallest absolute Gasteiger partial charge is 0.335 e. The Hall–Kier alpha value is -3.84. The predicted octanol–water partition coefficient (Wildman–Crippen LogP) is 4.40. The maximum atomic E-state index is 12.8. The van der Waals surface area contributed by atoms with Gasteiger partial charge in [0.25, 0.3) is 5.91 Å². The molecule has 0 bridgehead atoms. The number of methoxy groups -OCH3 is 2. The van der Waals surface area contributed by atoms with Gasteiger partial charge < -0.3 is 24.8 Å². The molecule has 7 heteroatoms. The van der Waals surface area contributed by atoms with E-state index in [1.807, 2.05) is 31.3 Å². The van der Waals surface area contributed by atoms with Crippen LogP contribution in [0.1, 0.15) is 20.7 Å². The number of carbonyl (C=O) groups is 2. The first kappa shape index (κ1) is 22.8. The molecule has 3 rings (SSSR count). The number of anilines is 2. The highest BCUT2D eigenvalue weighted by atomic mass is 16.5. The number of amides is 1. The van der Waals surface area contributed by atoms with Crippen LogP contribution in [0.25, 0.3) is 11.1 Å². The third-order valence-electron chi connectivity index (χ3n) is 5.10. The Bertz CT molecular complexity index is 1080. The van der Waals surface area contributed by atoms with Crippen molar-refractivity contribution in [3.8, 4) is 16.9 Å². The lowest BCUT2D eigenvalue weighted by Gasteiger charge is -2.19. The zero-order valence-corrected chi connectivity index (χ0v) is 18.3. The van der Waals surface area contributed by atoms with E-state index in [2.05, 4.69) is 10.2 Å². The van der Waals surface area contributed by atoms with Crippen LogP contribution in [-0.4, -0.2) is 51.4 Å². The summed E-state index contributed by atoms with van der Waals surface area (Å²) in [5.41, 5.74) is 3.82. The number of hydrogen-bond acceptors (Lipinski definition) is 5. The first-order valence-electron chi connectivity index (χ1n) is 10.1. The third kappa shape index (κ3) is 5.44. The number of carbonyl (C=O) groups excluding carboxylic acids is 1. The molecule has 0 unspecified atom stereocenters. The van der Waals surface area contributed by atoms with Crippen molar-refractivity contribution in [1.29, 1.82) is 0 Å². The molecule has 0 aliphatic rings. The fraction of sp³-hybridized carbons (Fsp3) is 0.200.